The van der Waals surface area contributed by atoms with Gasteiger partial charge in [0.05, 0.1) is 26.3 Å². The number of H-pyrrole nitrogens is 1. The van der Waals surface area contributed by atoms with E-state index < -0.39 is 11.8 Å². The van der Waals surface area contributed by atoms with Gasteiger partial charge in [0.15, 0.2) is 16.3 Å². The second-order valence-electron chi connectivity index (χ2n) is 5.41. The molecule has 0 saturated heterocycles. The number of aromatic amines is 1. The lowest BCUT2D eigenvalue weighted by atomic mass is 10.2. The summed E-state index contributed by atoms with van der Waals surface area (Å²) in [6.07, 6.45) is 0. The van der Waals surface area contributed by atoms with Crippen LogP contribution in [0.5, 0.6) is 11.5 Å². The van der Waals surface area contributed by atoms with Crippen LogP contribution < -0.4 is 20.1 Å². The predicted molar refractivity (Wildman–Crippen MR) is 102 cm³/mol. The van der Waals surface area contributed by atoms with Crippen LogP contribution in [-0.4, -0.2) is 47.8 Å². The first-order chi connectivity index (χ1) is 13.5. The zero-order valence-electron chi connectivity index (χ0n) is 14.9. The molecule has 0 aliphatic heterocycles. The van der Waals surface area contributed by atoms with E-state index >= 15 is 0 Å². The lowest BCUT2D eigenvalue weighted by Gasteiger charge is -2.07. The molecule has 0 fully saturated rings. The highest BCUT2D eigenvalue weighted by molar-refractivity contribution is 9.10. The Labute approximate surface area is 167 Å². The van der Waals surface area contributed by atoms with Gasteiger partial charge in [0.1, 0.15) is 11.5 Å². The van der Waals surface area contributed by atoms with Crippen molar-refractivity contribution in [3.8, 4) is 22.9 Å². The molecule has 11 heteroatoms. The van der Waals surface area contributed by atoms with Gasteiger partial charge in [-0.2, -0.15) is 4.98 Å². The summed E-state index contributed by atoms with van der Waals surface area (Å²) in [5.41, 5.74) is 0.646. The molecule has 1 aromatic carbocycles. The minimum absolute atomic E-state index is 0.0628. The fraction of sp³-hybridized carbons (Fsp3) is 0.176. The molecule has 28 heavy (non-hydrogen) atoms. The zero-order valence-corrected chi connectivity index (χ0v) is 16.5. The summed E-state index contributed by atoms with van der Waals surface area (Å²) in [5.74, 6) is 0.711. The number of nitrogens with one attached hydrogen (secondary N) is 3. The van der Waals surface area contributed by atoms with Crippen LogP contribution in [0.15, 0.2) is 39.4 Å². The van der Waals surface area contributed by atoms with Crippen LogP contribution in [0.25, 0.3) is 11.4 Å². The van der Waals surface area contributed by atoms with Crippen LogP contribution in [0, 0.1) is 0 Å². The number of methoxy groups -OCH3 is 2. The van der Waals surface area contributed by atoms with E-state index in [0.29, 0.717) is 27.6 Å². The number of anilines is 1. The quantitative estimate of drug-likeness (QED) is 0.503. The van der Waals surface area contributed by atoms with Crippen molar-refractivity contribution in [3.05, 3.63) is 40.8 Å². The molecule has 146 valence electrons. The van der Waals surface area contributed by atoms with Crippen LogP contribution in [0.1, 0.15) is 10.6 Å². The third-order valence-corrected chi connectivity index (χ3v) is 4.03. The molecule has 10 nitrogen and oxygen atoms in total. The molecular weight excluding hydrogens is 434 g/mol. The van der Waals surface area contributed by atoms with E-state index in [-0.39, 0.29) is 18.3 Å². The minimum atomic E-state index is -0.514. The first kappa shape index (κ1) is 19.4. The Balaban J connectivity index is 1.61. The average Bonchev–Trinajstić information content (AvgIpc) is 3.34. The molecule has 2 heterocycles. The molecule has 0 spiro atoms. The van der Waals surface area contributed by atoms with Crippen molar-refractivity contribution < 1.29 is 23.5 Å². The van der Waals surface area contributed by atoms with Gasteiger partial charge in [-0.3, -0.25) is 20.0 Å². The van der Waals surface area contributed by atoms with Crippen molar-refractivity contribution in [1.29, 1.82) is 0 Å². The molecule has 3 N–H and O–H groups in total. The topological polar surface area (TPSA) is 131 Å². The molecule has 0 unspecified atom stereocenters. The molecule has 2 amide bonds. The Bertz CT molecular complexity index is 999. The van der Waals surface area contributed by atoms with E-state index in [2.05, 4.69) is 41.7 Å². The van der Waals surface area contributed by atoms with Crippen molar-refractivity contribution in [1.82, 2.24) is 20.5 Å². The lowest BCUT2D eigenvalue weighted by Crippen LogP contribution is -2.32. The number of benzene rings is 1. The van der Waals surface area contributed by atoms with Crippen molar-refractivity contribution >= 4 is 33.7 Å². The normalized spacial score (nSPS) is 10.4. The fourth-order valence-corrected chi connectivity index (χ4v) is 2.59. The van der Waals surface area contributed by atoms with Gasteiger partial charge in [0.2, 0.25) is 11.9 Å². The Kier molecular flexibility index (Phi) is 5.94. The molecule has 0 aliphatic carbocycles. The molecule has 0 aliphatic rings. The number of ether oxygens (including phenoxy) is 2. The summed E-state index contributed by atoms with van der Waals surface area (Å²) in [6, 6.07) is 8.28. The number of furan rings is 1. The summed E-state index contributed by atoms with van der Waals surface area (Å²) < 4.78 is 16.0. The van der Waals surface area contributed by atoms with E-state index in [0.717, 1.165) is 0 Å². The van der Waals surface area contributed by atoms with Gasteiger partial charge in [-0.15, -0.1) is 5.10 Å². The first-order valence-electron chi connectivity index (χ1n) is 7.98. The summed E-state index contributed by atoms with van der Waals surface area (Å²) in [6.45, 7) is -0.271. The maximum absolute atomic E-state index is 12.0. The van der Waals surface area contributed by atoms with Gasteiger partial charge in [0.25, 0.3) is 5.91 Å². The number of aromatic nitrogens is 3. The van der Waals surface area contributed by atoms with Gasteiger partial charge in [-0.05, 0) is 40.2 Å². The number of carbonyl (C=O) groups excluding carboxylic acids is 2. The Morgan fingerprint density at radius 1 is 1.21 bits per heavy atom. The number of hydrogen-bond donors (Lipinski definition) is 3. The number of halogens is 1. The van der Waals surface area contributed by atoms with Crippen LogP contribution >= 0.6 is 15.9 Å². The highest BCUT2D eigenvalue weighted by atomic mass is 79.9. The first-order valence-corrected chi connectivity index (χ1v) is 8.77. The molecule has 0 bridgehead atoms. The lowest BCUT2D eigenvalue weighted by molar-refractivity contribution is -0.115. The van der Waals surface area contributed by atoms with Gasteiger partial charge in [0, 0.05) is 6.07 Å². The molecule has 0 radical (unpaired) electrons. The van der Waals surface area contributed by atoms with Crippen LogP contribution in [0.3, 0.4) is 0 Å². The molecule has 2 aromatic heterocycles. The minimum Gasteiger partial charge on any atom is -0.497 e. The van der Waals surface area contributed by atoms with Crippen molar-refractivity contribution in [2.45, 2.75) is 0 Å². The summed E-state index contributed by atoms with van der Waals surface area (Å²) in [5, 5.41) is 11.6. The second kappa shape index (κ2) is 8.57. The summed E-state index contributed by atoms with van der Waals surface area (Å²) in [7, 11) is 3.08. The van der Waals surface area contributed by atoms with Gasteiger partial charge >= 0.3 is 0 Å². The zero-order chi connectivity index (χ0) is 20.1. The van der Waals surface area contributed by atoms with E-state index in [1.807, 2.05) is 0 Å². The maximum atomic E-state index is 12.0. The monoisotopic (exact) mass is 449 g/mol. The number of hydrogen-bond acceptors (Lipinski definition) is 7. The largest absolute Gasteiger partial charge is 0.497 e. The predicted octanol–water partition coefficient (Wildman–Crippen LogP) is 2.21. The van der Waals surface area contributed by atoms with Gasteiger partial charge in [-0.25, -0.2) is 0 Å². The maximum Gasteiger partial charge on any atom is 0.287 e. The van der Waals surface area contributed by atoms with Crippen LogP contribution in [0.2, 0.25) is 0 Å². The second-order valence-corrected chi connectivity index (χ2v) is 6.19. The van der Waals surface area contributed by atoms with Crippen molar-refractivity contribution in [2.75, 3.05) is 26.1 Å². The smallest absolute Gasteiger partial charge is 0.287 e. The number of amides is 2. The third kappa shape index (κ3) is 4.49. The number of nitrogens with zero attached hydrogens (tertiary/aromatic N) is 2. The SMILES string of the molecule is COc1ccc(-c2nc(NC(=O)CNC(=O)c3ccc(Br)o3)n[nH]2)c(OC)c1. The molecule has 0 saturated carbocycles. The molecule has 3 aromatic rings. The fourth-order valence-electron chi connectivity index (χ4n) is 2.29. The van der Waals surface area contributed by atoms with Crippen LogP contribution in [-0.2, 0) is 4.79 Å². The standard InChI is InChI=1S/C17H16BrN5O5/c1-26-9-3-4-10(12(7-9)27-2)15-21-17(23-22-15)20-14(24)8-19-16(25)11-5-6-13(18)28-11/h3-7H,8H2,1-2H3,(H,19,25)(H2,20,21,22,23,24). The molecular formula is C17H16BrN5O5. The number of rotatable bonds is 7. The van der Waals surface area contributed by atoms with E-state index in [4.69, 9.17) is 13.9 Å². The van der Waals surface area contributed by atoms with E-state index in [1.165, 1.54) is 13.2 Å². The van der Waals surface area contributed by atoms with Crippen molar-refractivity contribution in [3.63, 3.8) is 0 Å². The highest BCUT2D eigenvalue weighted by Crippen LogP contribution is 2.31. The Morgan fingerprint density at radius 2 is 2.04 bits per heavy atom. The molecule has 3 rings (SSSR count). The third-order valence-electron chi connectivity index (χ3n) is 3.61. The van der Waals surface area contributed by atoms with E-state index in [1.54, 1.807) is 31.4 Å². The van der Waals surface area contributed by atoms with Gasteiger partial charge in [-0.1, -0.05) is 0 Å². The molecule has 0 atom stereocenters. The van der Waals surface area contributed by atoms with Gasteiger partial charge < -0.3 is 19.2 Å². The summed E-state index contributed by atoms with van der Waals surface area (Å²) >= 11 is 3.10. The van der Waals surface area contributed by atoms with Crippen molar-refractivity contribution in [2.24, 2.45) is 0 Å². The average molecular weight is 450 g/mol. The summed E-state index contributed by atoms with van der Waals surface area (Å²) in [4.78, 5) is 28.1. The highest BCUT2D eigenvalue weighted by Gasteiger charge is 2.15. The van der Waals surface area contributed by atoms with Crippen LogP contribution in [0.4, 0.5) is 5.95 Å². The Hall–Kier alpha value is -3.34. The number of carbonyl (C=O) groups is 2. The van der Waals surface area contributed by atoms with E-state index in [9.17, 15) is 9.59 Å². The Morgan fingerprint density at radius 3 is 2.71 bits per heavy atom.